The predicted molar refractivity (Wildman–Crippen MR) is 88.4 cm³/mol. The largest absolute Gasteiger partial charge is 0.355 e. The molecular weight excluding hydrogens is 325 g/mol. The van der Waals surface area contributed by atoms with E-state index in [4.69, 9.17) is 23.2 Å². The Morgan fingerprint density at radius 1 is 1.45 bits per heavy atom. The minimum atomic E-state index is -0.236. The maximum atomic E-state index is 12.2. The minimum Gasteiger partial charge on any atom is -0.355 e. The van der Waals surface area contributed by atoms with E-state index in [2.05, 4.69) is 10.6 Å². The number of nitrogens with one attached hydrogen (secondary N) is 2. The van der Waals surface area contributed by atoms with Crippen molar-refractivity contribution in [2.45, 2.75) is 25.8 Å². The van der Waals surface area contributed by atoms with Crippen LogP contribution in [0.4, 0.5) is 5.69 Å². The van der Waals surface area contributed by atoms with Gasteiger partial charge in [-0.3, -0.25) is 14.5 Å². The fourth-order valence-corrected chi connectivity index (χ4v) is 2.87. The molecule has 0 saturated carbocycles. The van der Waals surface area contributed by atoms with Crippen molar-refractivity contribution in [1.29, 1.82) is 0 Å². The molecule has 1 aliphatic rings. The highest BCUT2D eigenvalue weighted by molar-refractivity contribution is 6.35. The average Bonchev–Trinajstić information content (AvgIpc) is 2.88. The van der Waals surface area contributed by atoms with Gasteiger partial charge in [0.25, 0.3) is 0 Å². The summed E-state index contributed by atoms with van der Waals surface area (Å²) in [6.45, 7) is 3.51. The second-order valence-electron chi connectivity index (χ2n) is 5.24. The molecule has 0 spiro atoms. The number of benzene rings is 1. The molecule has 5 nitrogen and oxygen atoms in total. The molecular formula is C15H19Cl2N3O2. The van der Waals surface area contributed by atoms with Crippen molar-refractivity contribution in [2.75, 3.05) is 25.0 Å². The second-order valence-corrected chi connectivity index (χ2v) is 6.08. The van der Waals surface area contributed by atoms with Crippen LogP contribution in [0.2, 0.25) is 10.0 Å². The highest BCUT2D eigenvalue weighted by Crippen LogP contribution is 2.25. The zero-order valence-electron chi connectivity index (χ0n) is 12.4. The molecule has 22 heavy (non-hydrogen) atoms. The van der Waals surface area contributed by atoms with Crippen molar-refractivity contribution >= 4 is 40.7 Å². The van der Waals surface area contributed by atoms with Gasteiger partial charge in [0.1, 0.15) is 0 Å². The first-order chi connectivity index (χ1) is 10.5. The van der Waals surface area contributed by atoms with E-state index in [1.54, 1.807) is 18.2 Å². The SMILES string of the molecule is CCCN(CC(=O)Nc1cc(Cl)ccc1Cl)[C@@H]1CCNC1=O. The Morgan fingerprint density at radius 2 is 2.23 bits per heavy atom. The van der Waals surface area contributed by atoms with E-state index in [0.717, 1.165) is 12.8 Å². The molecule has 1 aromatic rings. The Bertz CT molecular complexity index is 566. The van der Waals surface area contributed by atoms with Gasteiger partial charge < -0.3 is 10.6 Å². The maximum absolute atomic E-state index is 12.2. The van der Waals surface area contributed by atoms with Gasteiger partial charge in [-0.05, 0) is 37.6 Å². The molecule has 1 aliphatic heterocycles. The summed E-state index contributed by atoms with van der Waals surface area (Å²) >= 11 is 11.9. The third-order valence-electron chi connectivity index (χ3n) is 3.52. The molecule has 0 radical (unpaired) electrons. The molecule has 1 fully saturated rings. The van der Waals surface area contributed by atoms with E-state index in [-0.39, 0.29) is 24.4 Å². The van der Waals surface area contributed by atoms with Crippen LogP contribution >= 0.6 is 23.2 Å². The van der Waals surface area contributed by atoms with Crippen molar-refractivity contribution < 1.29 is 9.59 Å². The lowest BCUT2D eigenvalue weighted by Gasteiger charge is -2.25. The van der Waals surface area contributed by atoms with Gasteiger partial charge in [0.05, 0.1) is 23.3 Å². The van der Waals surface area contributed by atoms with Crippen LogP contribution in [0.15, 0.2) is 18.2 Å². The Balaban J connectivity index is 2.01. The lowest BCUT2D eigenvalue weighted by molar-refractivity contribution is -0.125. The maximum Gasteiger partial charge on any atom is 0.238 e. The van der Waals surface area contributed by atoms with Gasteiger partial charge >= 0.3 is 0 Å². The van der Waals surface area contributed by atoms with Crippen LogP contribution in [-0.2, 0) is 9.59 Å². The average molecular weight is 344 g/mol. The van der Waals surface area contributed by atoms with Gasteiger partial charge in [0.2, 0.25) is 11.8 Å². The summed E-state index contributed by atoms with van der Waals surface area (Å²) in [5, 5.41) is 6.48. The first kappa shape index (κ1) is 17.1. The lowest BCUT2D eigenvalue weighted by atomic mass is 10.2. The van der Waals surface area contributed by atoms with E-state index in [1.165, 1.54) is 0 Å². The number of hydrogen-bond acceptors (Lipinski definition) is 3. The Morgan fingerprint density at radius 3 is 2.86 bits per heavy atom. The number of carbonyl (C=O) groups is 2. The predicted octanol–water partition coefficient (Wildman–Crippen LogP) is 2.53. The van der Waals surface area contributed by atoms with Gasteiger partial charge in [0, 0.05) is 11.6 Å². The minimum absolute atomic E-state index is 0.0120. The zero-order valence-corrected chi connectivity index (χ0v) is 13.9. The van der Waals surface area contributed by atoms with E-state index in [0.29, 0.717) is 28.8 Å². The number of rotatable bonds is 6. The second kappa shape index (κ2) is 7.81. The number of carbonyl (C=O) groups excluding carboxylic acids is 2. The molecule has 0 unspecified atom stereocenters. The molecule has 1 saturated heterocycles. The molecule has 1 heterocycles. The molecule has 120 valence electrons. The first-order valence-electron chi connectivity index (χ1n) is 7.28. The summed E-state index contributed by atoms with van der Waals surface area (Å²) in [6, 6.07) is 4.66. The van der Waals surface area contributed by atoms with E-state index < -0.39 is 0 Å². The number of nitrogens with zero attached hydrogens (tertiary/aromatic N) is 1. The summed E-state index contributed by atoms with van der Waals surface area (Å²) < 4.78 is 0. The van der Waals surface area contributed by atoms with Gasteiger partial charge in [-0.1, -0.05) is 30.1 Å². The fourth-order valence-electron chi connectivity index (χ4n) is 2.53. The molecule has 0 bridgehead atoms. The van der Waals surface area contributed by atoms with Gasteiger partial charge in [-0.25, -0.2) is 0 Å². The fraction of sp³-hybridized carbons (Fsp3) is 0.467. The van der Waals surface area contributed by atoms with Crippen LogP contribution in [-0.4, -0.2) is 42.4 Å². The molecule has 2 amide bonds. The van der Waals surface area contributed by atoms with Crippen LogP contribution in [0.5, 0.6) is 0 Å². The Labute approximate surface area is 139 Å². The van der Waals surface area contributed by atoms with Crippen LogP contribution in [0.25, 0.3) is 0 Å². The smallest absolute Gasteiger partial charge is 0.238 e. The summed E-state index contributed by atoms with van der Waals surface area (Å²) in [5.74, 6) is -0.223. The van der Waals surface area contributed by atoms with Crippen molar-refractivity contribution in [3.63, 3.8) is 0 Å². The molecule has 2 rings (SSSR count). The van der Waals surface area contributed by atoms with Crippen LogP contribution < -0.4 is 10.6 Å². The number of anilines is 1. The van der Waals surface area contributed by atoms with Crippen molar-refractivity contribution in [1.82, 2.24) is 10.2 Å². The summed E-state index contributed by atoms with van der Waals surface area (Å²) in [6.07, 6.45) is 1.60. The number of amides is 2. The lowest BCUT2D eigenvalue weighted by Crippen LogP contribution is -2.45. The van der Waals surface area contributed by atoms with Gasteiger partial charge in [0.15, 0.2) is 0 Å². The van der Waals surface area contributed by atoms with E-state index >= 15 is 0 Å². The molecule has 1 aromatic carbocycles. The zero-order chi connectivity index (χ0) is 16.1. The van der Waals surface area contributed by atoms with Crippen LogP contribution in [0.3, 0.4) is 0 Å². The molecule has 1 atom stereocenters. The van der Waals surface area contributed by atoms with Crippen molar-refractivity contribution in [2.24, 2.45) is 0 Å². The van der Waals surface area contributed by atoms with Gasteiger partial charge in [-0.2, -0.15) is 0 Å². The van der Waals surface area contributed by atoms with Crippen molar-refractivity contribution in [3.8, 4) is 0 Å². The van der Waals surface area contributed by atoms with Crippen LogP contribution in [0, 0.1) is 0 Å². The van der Waals surface area contributed by atoms with Crippen LogP contribution in [0.1, 0.15) is 19.8 Å². The van der Waals surface area contributed by atoms with E-state index in [1.807, 2.05) is 11.8 Å². The molecule has 0 aromatic heterocycles. The molecule has 7 heteroatoms. The number of hydrogen-bond donors (Lipinski definition) is 2. The third-order valence-corrected chi connectivity index (χ3v) is 4.09. The monoisotopic (exact) mass is 343 g/mol. The Hall–Kier alpha value is -1.30. The summed E-state index contributed by atoms with van der Waals surface area (Å²) in [7, 11) is 0. The van der Waals surface area contributed by atoms with E-state index in [9.17, 15) is 9.59 Å². The topological polar surface area (TPSA) is 61.4 Å². The number of halogens is 2. The standard InChI is InChI=1S/C15H19Cl2N3O2/c1-2-7-20(13-5-6-18-15(13)22)9-14(21)19-12-8-10(16)3-4-11(12)17/h3-4,8,13H,2,5-7,9H2,1H3,(H,18,22)(H,19,21)/t13-/m1/s1. The highest BCUT2D eigenvalue weighted by Gasteiger charge is 2.30. The highest BCUT2D eigenvalue weighted by atomic mass is 35.5. The summed E-state index contributed by atoms with van der Waals surface area (Å²) in [5.41, 5.74) is 0.478. The third kappa shape index (κ3) is 4.35. The molecule has 0 aliphatic carbocycles. The normalized spacial score (nSPS) is 17.6. The first-order valence-corrected chi connectivity index (χ1v) is 8.03. The molecule has 2 N–H and O–H groups in total. The van der Waals surface area contributed by atoms with Gasteiger partial charge in [-0.15, -0.1) is 0 Å². The van der Waals surface area contributed by atoms with Crippen molar-refractivity contribution in [3.05, 3.63) is 28.2 Å². The summed E-state index contributed by atoms with van der Waals surface area (Å²) in [4.78, 5) is 25.9. The Kier molecular flexibility index (Phi) is 6.06. The quantitative estimate of drug-likeness (QED) is 0.834.